The maximum atomic E-state index is 12.3. The molecule has 0 aliphatic carbocycles. The SMILES string of the molecule is Cl.N[C@@H]1CCN(C(=O)c2cnn(-c3ccc([N+](=O)[O-])cc3)c2)C1. The number of non-ortho nitro benzene ring substituents is 1. The molecule has 2 N–H and O–H groups in total. The number of carbonyl (C=O) groups is 1. The number of nitrogens with two attached hydrogens (primary N) is 1. The molecule has 9 heteroatoms. The number of nitrogens with zero attached hydrogens (tertiary/aromatic N) is 4. The second-order valence-corrected chi connectivity index (χ2v) is 5.25. The first-order valence-corrected chi connectivity index (χ1v) is 6.89. The van der Waals surface area contributed by atoms with Crippen LogP contribution in [0.3, 0.4) is 0 Å². The van der Waals surface area contributed by atoms with E-state index >= 15 is 0 Å². The summed E-state index contributed by atoms with van der Waals surface area (Å²) >= 11 is 0. The number of carbonyl (C=O) groups excluding carboxylic acids is 1. The molecule has 1 atom stereocenters. The predicted octanol–water partition coefficient (Wildman–Crippen LogP) is 1.38. The van der Waals surface area contributed by atoms with Crippen LogP contribution in [-0.2, 0) is 0 Å². The maximum Gasteiger partial charge on any atom is 0.269 e. The molecule has 0 unspecified atom stereocenters. The second-order valence-electron chi connectivity index (χ2n) is 5.25. The number of nitro groups is 1. The van der Waals surface area contributed by atoms with Crippen molar-refractivity contribution in [3.63, 3.8) is 0 Å². The Bertz CT molecular complexity index is 715. The Morgan fingerprint density at radius 2 is 2.04 bits per heavy atom. The second kappa shape index (κ2) is 6.76. The van der Waals surface area contributed by atoms with Gasteiger partial charge in [-0.1, -0.05) is 0 Å². The van der Waals surface area contributed by atoms with Crippen molar-refractivity contribution in [2.24, 2.45) is 5.73 Å². The Labute approximate surface area is 138 Å². The molecule has 122 valence electrons. The zero-order valence-corrected chi connectivity index (χ0v) is 13.0. The fraction of sp³-hybridized carbons (Fsp3) is 0.286. The first-order chi connectivity index (χ1) is 10.5. The van der Waals surface area contributed by atoms with E-state index in [0.717, 1.165) is 6.42 Å². The molecule has 2 aromatic rings. The Balaban J connectivity index is 0.00000192. The number of amides is 1. The van der Waals surface area contributed by atoms with Crippen LogP contribution < -0.4 is 5.73 Å². The van der Waals surface area contributed by atoms with Gasteiger partial charge in [-0.3, -0.25) is 14.9 Å². The normalized spacial score (nSPS) is 16.9. The minimum Gasteiger partial charge on any atom is -0.337 e. The van der Waals surface area contributed by atoms with Gasteiger partial charge in [0.1, 0.15) is 0 Å². The van der Waals surface area contributed by atoms with Crippen LogP contribution in [0.25, 0.3) is 5.69 Å². The van der Waals surface area contributed by atoms with Gasteiger partial charge >= 0.3 is 0 Å². The van der Waals surface area contributed by atoms with Crippen molar-refractivity contribution in [3.8, 4) is 5.69 Å². The molecule has 0 bridgehead atoms. The first-order valence-electron chi connectivity index (χ1n) is 6.89. The highest BCUT2D eigenvalue weighted by molar-refractivity contribution is 5.94. The van der Waals surface area contributed by atoms with Gasteiger partial charge in [0.25, 0.3) is 11.6 Å². The topological polar surface area (TPSA) is 107 Å². The van der Waals surface area contributed by atoms with Gasteiger partial charge in [0.15, 0.2) is 0 Å². The van der Waals surface area contributed by atoms with Gasteiger partial charge in [-0.05, 0) is 18.6 Å². The molecule has 0 spiro atoms. The van der Waals surface area contributed by atoms with E-state index in [2.05, 4.69) is 5.10 Å². The molecule has 1 aliphatic heterocycles. The Kier molecular flexibility index (Phi) is 4.97. The average molecular weight is 338 g/mol. The van der Waals surface area contributed by atoms with E-state index < -0.39 is 4.92 Å². The van der Waals surface area contributed by atoms with Crippen molar-refractivity contribution in [3.05, 3.63) is 52.3 Å². The molecule has 2 heterocycles. The van der Waals surface area contributed by atoms with Gasteiger partial charge in [0.2, 0.25) is 0 Å². The first kappa shape index (κ1) is 16.9. The molecule has 3 rings (SSSR count). The van der Waals surface area contributed by atoms with E-state index in [1.165, 1.54) is 23.0 Å². The summed E-state index contributed by atoms with van der Waals surface area (Å²) in [7, 11) is 0. The summed E-state index contributed by atoms with van der Waals surface area (Å²) in [6.45, 7) is 1.21. The Morgan fingerprint density at radius 3 is 2.61 bits per heavy atom. The molecule has 1 aromatic carbocycles. The lowest BCUT2D eigenvalue weighted by molar-refractivity contribution is -0.384. The molecule has 1 aliphatic rings. The van der Waals surface area contributed by atoms with Crippen LogP contribution in [0.4, 0.5) is 5.69 Å². The van der Waals surface area contributed by atoms with Gasteiger partial charge in [-0.25, -0.2) is 4.68 Å². The van der Waals surface area contributed by atoms with Crippen LogP contribution in [0.1, 0.15) is 16.8 Å². The standard InChI is InChI=1S/C14H15N5O3.ClH/c15-11-5-6-17(9-11)14(20)10-7-16-18(8-10)12-1-3-13(4-2-12)19(21)22;/h1-4,7-8,11H,5-6,9,15H2;1H/t11-;/m1./s1. The average Bonchev–Trinajstić information content (AvgIpc) is 3.15. The van der Waals surface area contributed by atoms with Crippen LogP contribution in [0, 0.1) is 10.1 Å². The van der Waals surface area contributed by atoms with Crippen LogP contribution in [0.5, 0.6) is 0 Å². The predicted molar refractivity (Wildman–Crippen MR) is 86.0 cm³/mol. The van der Waals surface area contributed by atoms with Crippen LogP contribution >= 0.6 is 12.4 Å². The van der Waals surface area contributed by atoms with Gasteiger partial charge < -0.3 is 10.6 Å². The molecule has 0 radical (unpaired) electrons. The summed E-state index contributed by atoms with van der Waals surface area (Å²) in [5.41, 5.74) is 6.95. The number of rotatable bonds is 3. The van der Waals surface area contributed by atoms with Crippen LogP contribution in [0.15, 0.2) is 36.7 Å². The lowest BCUT2D eigenvalue weighted by Gasteiger charge is -2.14. The summed E-state index contributed by atoms with van der Waals surface area (Å²) < 4.78 is 1.52. The quantitative estimate of drug-likeness (QED) is 0.672. The van der Waals surface area contributed by atoms with Crippen LogP contribution in [0.2, 0.25) is 0 Å². The highest BCUT2D eigenvalue weighted by Gasteiger charge is 2.25. The minimum absolute atomic E-state index is 0. The Morgan fingerprint density at radius 1 is 1.35 bits per heavy atom. The maximum absolute atomic E-state index is 12.3. The number of halogens is 1. The molecular formula is C14H16ClN5O3. The van der Waals surface area contributed by atoms with Crippen molar-refractivity contribution in [1.29, 1.82) is 0 Å². The van der Waals surface area contributed by atoms with E-state index in [4.69, 9.17) is 5.73 Å². The number of aromatic nitrogens is 2. The third kappa shape index (κ3) is 3.49. The largest absolute Gasteiger partial charge is 0.337 e. The zero-order valence-electron chi connectivity index (χ0n) is 12.2. The smallest absolute Gasteiger partial charge is 0.269 e. The molecular weight excluding hydrogens is 322 g/mol. The molecule has 1 fully saturated rings. The minimum atomic E-state index is -0.460. The van der Waals surface area contributed by atoms with E-state index in [1.807, 2.05) is 0 Å². The molecule has 1 saturated heterocycles. The molecule has 23 heavy (non-hydrogen) atoms. The lowest BCUT2D eigenvalue weighted by atomic mass is 10.3. The summed E-state index contributed by atoms with van der Waals surface area (Å²) in [4.78, 5) is 24.2. The van der Waals surface area contributed by atoms with Gasteiger partial charge in [0.05, 0.1) is 22.4 Å². The fourth-order valence-corrected chi connectivity index (χ4v) is 2.46. The van der Waals surface area contributed by atoms with Gasteiger partial charge in [-0.2, -0.15) is 5.10 Å². The number of benzene rings is 1. The summed E-state index contributed by atoms with van der Waals surface area (Å²) in [5.74, 6) is -0.0962. The van der Waals surface area contributed by atoms with Crippen molar-refractivity contribution in [2.45, 2.75) is 12.5 Å². The number of nitro benzene ring substituents is 1. The third-order valence-corrected chi connectivity index (χ3v) is 3.67. The lowest BCUT2D eigenvalue weighted by Crippen LogP contribution is -2.31. The highest BCUT2D eigenvalue weighted by Crippen LogP contribution is 2.17. The highest BCUT2D eigenvalue weighted by atomic mass is 35.5. The monoisotopic (exact) mass is 337 g/mol. The van der Waals surface area contributed by atoms with Crippen LogP contribution in [-0.4, -0.2) is 44.6 Å². The number of hydrogen-bond acceptors (Lipinski definition) is 5. The van der Waals surface area contributed by atoms with Gasteiger partial charge in [-0.15, -0.1) is 12.4 Å². The van der Waals surface area contributed by atoms with E-state index in [-0.39, 0.29) is 30.0 Å². The van der Waals surface area contributed by atoms with Crippen molar-refractivity contribution >= 4 is 24.0 Å². The van der Waals surface area contributed by atoms with Crippen molar-refractivity contribution in [1.82, 2.24) is 14.7 Å². The van der Waals surface area contributed by atoms with Crippen molar-refractivity contribution < 1.29 is 9.72 Å². The number of hydrogen-bond donors (Lipinski definition) is 1. The van der Waals surface area contributed by atoms with Crippen molar-refractivity contribution in [2.75, 3.05) is 13.1 Å². The number of likely N-dealkylation sites (tertiary alicyclic amines) is 1. The molecule has 1 aromatic heterocycles. The fourth-order valence-electron chi connectivity index (χ4n) is 2.46. The summed E-state index contributed by atoms with van der Waals surface area (Å²) in [5, 5.41) is 14.8. The molecule has 8 nitrogen and oxygen atoms in total. The summed E-state index contributed by atoms with van der Waals surface area (Å²) in [6.07, 6.45) is 3.92. The summed E-state index contributed by atoms with van der Waals surface area (Å²) in [6, 6.07) is 6.01. The van der Waals surface area contributed by atoms with E-state index in [0.29, 0.717) is 24.3 Å². The molecule has 1 amide bonds. The van der Waals surface area contributed by atoms with E-state index in [1.54, 1.807) is 23.2 Å². The Hall–Kier alpha value is -2.45. The van der Waals surface area contributed by atoms with Gasteiger partial charge in [0, 0.05) is 37.5 Å². The van der Waals surface area contributed by atoms with E-state index in [9.17, 15) is 14.9 Å². The molecule has 0 saturated carbocycles. The third-order valence-electron chi connectivity index (χ3n) is 3.67. The zero-order chi connectivity index (χ0) is 15.7.